The number of halogens is 1. The highest BCUT2D eigenvalue weighted by Gasteiger charge is 2.15. The Morgan fingerprint density at radius 2 is 2.05 bits per heavy atom. The van der Waals surface area contributed by atoms with Gasteiger partial charge in [0, 0.05) is 22.0 Å². The number of benzene rings is 1. The summed E-state index contributed by atoms with van der Waals surface area (Å²) >= 11 is 9.48. The Bertz CT molecular complexity index is 686. The largest absolute Gasteiger partial charge is 0.313 e. The average Bonchev–Trinajstić information content (AvgIpc) is 3.02. The van der Waals surface area contributed by atoms with Crippen LogP contribution in [0, 0.1) is 0 Å². The Morgan fingerprint density at radius 3 is 2.79 bits per heavy atom. The molecule has 2 heterocycles. The second-order valence-corrected chi connectivity index (χ2v) is 7.15. The monoisotopic (exact) mass is 307 g/mol. The van der Waals surface area contributed by atoms with Crippen LogP contribution in [-0.4, -0.2) is 7.05 Å². The molecule has 1 aromatic carbocycles. The summed E-state index contributed by atoms with van der Waals surface area (Å²) in [4.78, 5) is 1.32. The maximum absolute atomic E-state index is 6.01. The van der Waals surface area contributed by atoms with Gasteiger partial charge in [0.2, 0.25) is 0 Å². The van der Waals surface area contributed by atoms with E-state index >= 15 is 0 Å². The molecule has 0 aliphatic carbocycles. The topological polar surface area (TPSA) is 12.0 Å². The minimum absolute atomic E-state index is 0.339. The standard InChI is InChI=1S/C15H14ClNS2/c1-17-13(8-10-6-7-15(16)19-10)12-9-18-14-5-3-2-4-11(12)14/h2-7,9,13,17H,8H2,1H3. The summed E-state index contributed by atoms with van der Waals surface area (Å²) in [5.41, 5.74) is 1.38. The maximum atomic E-state index is 6.01. The zero-order valence-corrected chi connectivity index (χ0v) is 12.9. The van der Waals surface area contributed by atoms with E-state index in [1.165, 1.54) is 20.5 Å². The first-order valence-electron chi connectivity index (χ1n) is 6.15. The predicted octanol–water partition coefficient (Wildman–Crippen LogP) is 5.12. The van der Waals surface area contributed by atoms with Gasteiger partial charge in [-0.25, -0.2) is 0 Å². The van der Waals surface area contributed by atoms with Gasteiger partial charge >= 0.3 is 0 Å². The van der Waals surface area contributed by atoms with Crippen LogP contribution in [0.4, 0.5) is 0 Å². The van der Waals surface area contributed by atoms with Crippen molar-refractivity contribution in [2.24, 2.45) is 0 Å². The fourth-order valence-electron chi connectivity index (χ4n) is 2.30. The summed E-state index contributed by atoms with van der Waals surface area (Å²) < 4.78 is 2.21. The summed E-state index contributed by atoms with van der Waals surface area (Å²) in [7, 11) is 2.02. The van der Waals surface area contributed by atoms with Gasteiger partial charge in [-0.1, -0.05) is 29.8 Å². The smallest absolute Gasteiger partial charge is 0.0931 e. The second-order valence-electron chi connectivity index (χ2n) is 4.44. The molecule has 2 aromatic heterocycles. The van der Waals surface area contributed by atoms with E-state index in [2.05, 4.69) is 41.0 Å². The Kier molecular flexibility index (Phi) is 3.89. The van der Waals surface area contributed by atoms with Crippen LogP contribution < -0.4 is 5.32 Å². The van der Waals surface area contributed by atoms with E-state index in [4.69, 9.17) is 11.6 Å². The zero-order chi connectivity index (χ0) is 13.2. The van der Waals surface area contributed by atoms with Crippen LogP contribution in [0.1, 0.15) is 16.5 Å². The van der Waals surface area contributed by atoms with Crippen LogP contribution in [-0.2, 0) is 6.42 Å². The van der Waals surface area contributed by atoms with Crippen molar-refractivity contribution in [3.63, 3.8) is 0 Å². The molecule has 0 amide bonds. The second kappa shape index (κ2) is 5.63. The lowest BCUT2D eigenvalue weighted by atomic mass is 10.0. The third-order valence-corrected chi connectivity index (χ3v) is 5.50. The van der Waals surface area contributed by atoms with E-state index in [-0.39, 0.29) is 0 Å². The van der Waals surface area contributed by atoms with E-state index in [0.717, 1.165) is 10.8 Å². The predicted molar refractivity (Wildman–Crippen MR) is 86.7 cm³/mol. The first kappa shape index (κ1) is 13.1. The van der Waals surface area contributed by atoms with Gasteiger partial charge in [-0.2, -0.15) is 0 Å². The van der Waals surface area contributed by atoms with Crippen molar-refractivity contribution < 1.29 is 0 Å². The van der Waals surface area contributed by atoms with Crippen LogP contribution in [0.25, 0.3) is 10.1 Å². The Morgan fingerprint density at radius 1 is 1.21 bits per heavy atom. The lowest BCUT2D eigenvalue weighted by molar-refractivity contribution is 0.602. The van der Waals surface area contributed by atoms with Crippen molar-refractivity contribution in [1.82, 2.24) is 5.32 Å². The number of fused-ring (bicyclic) bond motifs is 1. The SMILES string of the molecule is CNC(Cc1ccc(Cl)s1)c1csc2ccccc12. The van der Waals surface area contributed by atoms with E-state index in [0.29, 0.717) is 6.04 Å². The summed E-state index contributed by atoms with van der Waals surface area (Å²) in [5.74, 6) is 0. The molecule has 1 nitrogen and oxygen atoms in total. The van der Waals surface area contributed by atoms with Crippen molar-refractivity contribution in [2.75, 3.05) is 7.05 Å². The third-order valence-electron chi connectivity index (χ3n) is 3.27. The van der Waals surface area contributed by atoms with Gasteiger partial charge in [0.15, 0.2) is 0 Å². The van der Waals surface area contributed by atoms with Gasteiger partial charge in [0.05, 0.1) is 4.34 Å². The minimum Gasteiger partial charge on any atom is -0.313 e. The van der Waals surface area contributed by atoms with Crippen LogP contribution in [0.2, 0.25) is 4.34 Å². The molecule has 0 saturated heterocycles. The molecule has 0 aliphatic heterocycles. The summed E-state index contributed by atoms with van der Waals surface area (Å²) in [6.07, 6.45) is 0.981. The maximum Gasteiger partial charge on any atom is 0.0931 e. The van der Waals surface area contributed by atoms with Crippen LogP contribution in [0.15, 0.2) is 41.8 Å². The highest BCUT2D eigenvalue weighted by molar-refractivity contribution is 7.17. The number of hydrogen-bond acceptors (Lipinski definition) is 3. The fraction of sp³-hybridized carbons (Fsp3) is 0.200. The Hall–Kier alpha value is -0.870. The van der Waals surface area contributed by atoms with Crippen LogP contribution in [0.5, 0.6) is 0 Å². The molecule has 0 fully saturated rings. The molecule has 0 aliphatic rings. The average molecular weight is 308 g/mol. The van der Waals surface area contributed by atoms with Crippen molar-refractivity contribution in [2.45, 2.75) is 12.5 Å². The van der Waals surface area contributed by atoms with Gasteiger partial charge in [-0.05, 0) is 41.6 Å². The van der Waals surface area contributed by atoms with E-state index in [1.54, 1.807) is 11.3 Å². The highest BCUT2D eigenvalue weighted by Crippen LogP contribution is 2.33. The molecule has 0 saturated carbocycles. The van der Waals surface area contributed by atoms with Crippen molar-refractivity contribution in [3.8, 4) is 0 Å². The van der Waals surface area contributed by atoms with Crippen LogP contribution in [0.3, 0.4) is 0 Å². The number of nitrogens with one attached hydrogen (secondary N) is 1. The summed E-state index contributed by atoms with van der Waals surface area (Å²) in [6.45, 7) is 0. The Balaban J connectivity index is 1.93. The molecule has 98 valence electrons. The molecule has 1 unspecified atom stereocenters. The van der Waals surface area contributed by atoms with Gasteiger partial charge < -0.3 is 5.32 Å². The van der Waals surface area contributed by atoms with Gasteiger partial charge in [0.1, 0.15) is 0 Å². The molecule has 3 aromatic rings. The van der Waals surface area contributed by atoms with Crippen molar-refractivity contribution in [3.05, 3.63) is 56.6 Å². The third kappa shape index (κ3) is 2.70. The summed E-state index contributed by atoms with van der Waals surface area (Å²) in [5, 5.41) is 7.05. The summed E-state index contributed by atoms with van der Waals surface area (Å²) in [6, 6.07) is 13.0. The van der Waals surface area contributed by atoms with E-state index in [9.17, 15) is 0 Å². The molecular weight excluding hydrogens is 294 g/mol. The first-order chi connectivity index (χ1) is 9.28. The number of hydrogen-bond donors (Lipinski definition) is 1. The lowest BCUT2D eigenvalue weighted by Crippen LogP contribution is -2.17. The van der Waals surface area contributed by atoms with Crippen molar-refractivity contribution >= 4 is 44.4 Å². The first-order valence-corrected chi connectivity index (χ1v) is 8.23. The molecule has 3 rings (SSSR count). The molecular formula is C15H14ClNS2. The fourth-order valence-corrected chi connectivity index (χ4v) is 4.45. The van der Waals surface area contributed by atoms with Crippen LogP contribution >= 0.6 is 34.3 Å². The number of thiophene rings is 2. The minimum atomic E-state index is 0.339. The quantitative estimate of drug-likeness (QED) is 0.705. The molecule has 0 radical (unpaired) electrons. The zero-order valence-electron chi connectivity index (χ0n) is 10.5. The number of likely N-dealkylation sites (N-methyl/N-ethyl adjacent to an activating group) is 1. The lowest BCUT2D eigenvalue weighted by Gasteiger charge is -2.14. The molecule has 1 atom stereocenters. The van der Waals surface area contributed by atoms with Crippen molar-refractivity contribution in [1.29, 1.82) is 0 Å². The molecule has 4 heteroatoms. The van der Waals surface area contributed by atoms with Gasteiger partial charge in [-0.15, -0.1) is 22.7 Å². The molecule has 0 spiro atoms. The molecule has 1 N–H and O–H groups in total. The molecule has 19 heavy (non-hydrogen) atoms. The van der Waals surface area contributed by atoms with Gasteiger partial charge in [0.25, 0.3) is 0 Å². The highest BCUT2D eigenvalue weighted by atomic mass is 35.5. The Labute approximate surface area is 125 Å². The van der Waals surface area contributed by atoms with E-state index in [1.807, 2.05) is 24.5 Å². The molecule has 0 bridgehead atoms. The van der Waals surface area contributed by atoms with E-state index < -0.39 is 0 Å². The van der Waals surface area contributed by atoms with Gasteiger partial charge in [-0.3, -0.25) is 0 Å². The number of rotatable bonds is 4. The normalized spacial score (nSPS) is 12.9.